The molecular formula is C8H15N3. The van der Waals surface area contributed by atoms with Crippen molar-refractivity contribution in [3.05, 3.63) is 23.9 Å². The summed E-state index contributed by atoms with van der Waals surface area (Å²) in [5.41, 5.74) is 12.0. The van der Waals surface area contributed by atoms with E-state index in [9.17, 15) is 0 Å². The molecule has 0 spiro atoms. The Morgan fingerprint density at radius 2 is 2.27 bits per heavy atom. The minimum Gasteiger partial charge on any atom is -0.399 e. The first-order chi connectivity index (χ1) is 5.06. The molecule has 0 aromatic carbocycles. The molecule has 0 fully saturated rings. The molecule has 0 radical (unpaired) electrons. The van der Waals surface area contributed by atoms with Crippen LogP contribution in [0.25, 0.3) is 0 Å². The van der Waals surface area contributed by atoms with E-state index < -0.39 is 0 Å². The molecule has 0 aromatic heterocycles. The molecule has 1 rings (SSSR count). The summed E-state index contributed by atoms with van der Waals surface area (Å²) >= 11 is 0. The van der Waals surface area contributed by atoms with Gasteiger partial charge in [0.1, 0.15) is 0 Å². The van der Waals surface area contributed by atoms with E-state index in [2.05, 4.69) is 5.32 Å². The van der Waals surface area contributed by atoms with Crippen molar-refractivity contribution in [1.82, 2.24) is 5.32 Å². The quantitative estimate of drug-likeness (QED) is 0.485. The van der Waals surface area contributed by atoms with Crippen LogP contribution in [0.4, 0.5) is 0 Å². The van der Waals surface area contributed by atoms with Gasteiger partial charge in [-0.05, 0) is 26.1 Å². The zero-order chi connectivity index (χ0) is 8.48. The van der Waals surface area contributed by atoms with Crippen LogP contribution in [0.15, 0.2) is 23.9 Å². The van der Waals surface area contributed by atoms with Gasteiger partial charge in [-0.25, -0.2) is 0 Å². The number of allylic oxidation sites excluding steroid dienone is 1. The Balaban J connectivity index is 2.84. The van der Waals surface area contributed by atoms with E-state index in [0.29, 0.717) is 0 Å². The molecule has 2 atom stereocenters. The molecule has 2 unspecified atom stereocenters. The van der Waals surface area contributed by atoms with Crippen LogP contribution in [0.1, 0.15) is 6.92 Å². The number of likely N-dealkylation sites (N-methyl/N-ethyl adjacent to an activating group) is 1. The SMILES string of the molecule is CNC1C=C(N)C=CC1(C)N. The zero-order valence-electron chi connectivity index (χ0n) is 6.96. The number of hydrogen-bond acceptors (Lipinski definition) is 3. The third kappa shape index (κ3) is 1.61. The predicted octanol–water partition coefficient (Wildman–Crippen LogP) is -0.296. The standard InChI is InChI=1S/C8H15N3/c1-8(10)4-3-6(9)5-7(8)11-2/h3-5,7,11H,9-10H2,1-2H3. The topological polar surface area (TPSA) is 64.1 Å². The van der Waals surface area contributed by atoms with Gasteiger partial charge in [-0.15, -0.1) is 0 Å². The van der Waals surface area contributed by atoms with Gasteiger partial charge in [-0.2, -0.15) is 0 Å². The molecular weight excluding hydrogens is 138 g/mol. The molecule has 0 aromatic rings. The molecule has 0 aliphatic heterocycles. The van der Waals surface area contributed by atoms with Gasteiger partial charge in [0.15, 0.2) is 0 Å². The summed E-state index contributed by atoms with van der Waals surface area (Å²) < 4.78 is 0. The second-order valence-electron chi connectivity index (χ2n) is 3.13. The van der Waals surface area contributed by atoms with Crippen LogP contribution < -0.4 is 16.8 Å². The van der Waals surface area contributed by atoms with Crippen molar-refractivity contribution in [2.45, 2.75) is 18.5 Å². The van der Waals surface area contributed by atoms with Crippen molar-refractivity contribution in [2.75, 3.05) is 7.05 Å². The Morgan fingerprint density at radius 3 is 2.73 bits per heavy atom. The Morgan fingerprint density at radius 1 is 1.64 bits per heavy atom. The summed E-state index contributed by atoms with van der Waals surface area (Å²) in [6.07, 6.45) is 5.69. The maximum absolute atomic E-state index is 5.95. The van der Waals surface area contributed by atoms with Crippen LogP contribution in [0.2, 0.25) is 0 Å². The van der Waals surface area contributed by atoms with E-state index in [1.807, 2.05) is 32.2 Å². The summed E-state index contributed by atoms with van der Waals surface area (Å²) in [5, 5.41) is 3.09. The highest BCUT2D eigenvalue weighted by Gasteiger charge is 2.26. The van der Waals surface area contributed by atoms with Crippen LogP contribution >= 0.6 is 0 Å². The largest absolute Gasteiger partial charge is 0.399 e. The van der Waals surface area contributed by atoms with Crippen LogP contribution in [0.5, 0.6) is 0 Å². The zero-order valence-corrected chi connectivity index (χ0v) is 6.96. The van der Waals surface area contributed by atoms with Crippen molar-refractivity contribution in [1.29, 1.82) is 0 Å². The summed E-state index contributed by atoms with van der Waals surface area (Å²) in [6, 6.07) is 0.132. The van der Waals surface area contributed by atoms with E-state index >= 15 is 0 Å². The fraction of sp³-hybridized carbons (Fsp3) is 0.500. The van der Waals surface area contributed by atoms with E-state index in [1.165, 1.54) is 0 Å². The van der Waals surface area contributed by atoms with Gasteiger partial charge in [0, 0.05) is 11.7 Å². The first kappa shape index (κ1) is 8.30. The first-order valence-corrected chi connectivity index (χ1v) is 3.69. The van der Waals surface area contributed by atoms with Gasteiger partial charge in [-0.3, -0.25) is 0 Å². The van der Waals surface area contributed by atoms with E-state index in [4.69, 9.17) is 11.5 Å². The lowest BCUT2D eigenvalue weighted by molar-refractivity contribution is 0.454. The lowest BCUT2D eigenvalue weighted by atomic mass is 9.88. The summed E-state index contributed by atoms with van der Waals surface area (Å²) in [6.45, 7) is 1.97. The summed E-state index contributed by atoms with van der Waals surface area (Å²) in [7, 11) is 1.87. The minimum absolute atomic E-state index is 0.132. The highest BCUT2D eigenvalue weighted by molar-refractivity contribution is 5.30. The normalized spacial score (nSPS) is 37.0. The van der Waals surface area contributed by atoms with Crippen LogP contribution in [-0.4, -0.2) is 18.6 Å². The minimum atomic E-state index is -0.322. The van der Waals surface area contributed by atoms with Crippen molar-refractivity contribution < 1.29 is 0 Å². The van der Waals surface area contributed by atoms with Crippen molar-refractivity contribution in [2.24, 2.45) is 11.5 Å². The Bertz CT molecular complexity index is 203. The molecule has 1 aliphatic carbocycles. The molecule has 3 nitrogen and oxygen atoms in total. The van der Waals surface area contributed by atoms with Gasteiger partial charge in [0.25, 0.3) is 0 Å². The average molecular weight is 153 g/mol. The second-order valence-corrected chi connectivity index (χ2v) is 3.13. The predicted molar refractivity (Wildman–Crippen MR) is 46.9 cm³/mol. The smallest absolute Gasteiger partial charge is 0.0507 e. The van der Waals surface area contributed by atoms with Gasteiger partial charge < -0.3 is 16.8 Å². The Labute approximate surface area is 67.1 Å². The third-order valence-electron chi connectivity index (χ3n) is 1.98. The maximum Gasteiger partial charge on any atom is 0.0507 e. The molecule has 0 saturated heterocycles. The molecule has 5 N–H and O–H groups in total. The van der Waals surface area contributed by atoms with Gasteiger partial charge >= 0.3 is 0 Å². The van der Waals surface area contributed by atoms with Crippen molar-refractivity contribution in [3.63, 3.8) is 0 Å². The molecule has 1 aliphatic rings. The van der Waals surface area contributed by atoms with Crippen LogP contribution in [-0.2, 0) is 0 Å². The summed E-state index contributed by atoms with van der Waals surface area (Å²) in [4.78, 5) is 0. The van der Waals surface area contributed by atoms with Crippen molar-refractivity contribution in [3.8, 4) is 0 Å². The highest BCUT2D eigenvalue weighted by atomic mass is 15.0. The lowest BCUT2D eigenvalue weighted by Crippen LogP contribution is -2.53. The number of nitrogens with one attached hydrogen (secondary N) is 1. The van der Waals surface area contributed by atoms with E-state index in [1.54, 1.807) is 0 Å². The van der Waals surface area contributed by atoms with E-state index in [-0.39, 0.29) is 11.6 Å². The number of hydrogen-bond donors (Lipinski definition) is 3. The molecule has 0 heterocycles. The molecule has 3 heteroatoms. The third-order valence-corrected chi connectivity index (χ3v) is 1.98. The Hall–Kier alpha value is -0.800. The fourth-order valence-electron chi connectivity index (χ4n) is 1.20. The van der Waals surface area contributed by atoms with Gasteiger partial charge in [-0.1, -0.05) is 6.08 Å². The van der Waals surface area contributed by atoms with Crippen LogP contribution in [0, 0.1) is 0 Å². The second kappa shape index (κ2) is 2.68. The average Bonchev–Trinajstić information content (AvgIpc) is 1.94. The molecule has 0 amide bonds. The van der Waals surface area contributed by atoms with Gasteiger partial charge in [0.05, 0.1) is 5.54 Å². The molecule has 0 bridgehead atoms. The molecule has 11 heavy (non-hydrogen) atoms. The molecule has 62 valence electrons. The highest BCUT2D eigenvalue weighted by Crippen LogP contribution is 2.15. The number of nitrogens with two attached hydrogens (primary N) is 2. The number of rotatable bonds is 1. The monoisotopic (exact) mass is 153 g/mol. The first-order valence-electron chi connectivity index (χ1n) is 3.69. The van der Waals surface area contributed by atoms with Gasteiger partial charge in [0.2, 0.25) is 0 Å². The fourth-order valence-corrected chi connectivity index (χ4v) is 1.20. The lowest BCUT2D eigenvalue weighted by Gasteiger charge is -2.31. The van der Waals surface area contributed by atoms with Crippen LogP contribution in [0.3, 0.4) is 0 Å². The van der Waals surface area contributed by atoms with E-state index in [0.717, 1.165) is 5.70 Å². The Kier molecular flexibility index (Phi) is 2.02. The van der Waals surface area contributed by atoms with Crippen molar-refractivity contribution >= 4 is 0 Å². The maximum atomic E-state index is 5.95. The summed E-state index contributed by atoms with van der Waals surface area (Å²) in [5.74, 6) is 0. The molecule has 0 saturated carbocycles.